The van der Waals surface area contributed by atoms with Crippen LogP contribution in [0.2, 0.25) is 0 Å². The summed E-state index contributed by atoms with van der Waals surface area (Å²) in [7, 11) is 1.72. The molecule has 1 saturated carbocycles. The topological polar surface area (TPSA) is 47.9 Å². The van der Waals surface area contributed by atoms with Crippen molar-refractivity contribution < 1.29 is 19.3 Å². The molecule has 1 aromatic rings. The molecular formula is C18H22O4. The lowest BCUT2D eigenvalue weighted by Crippen LogP contribution is -2.52. The fraction of sp³-hybridized carbons (Fsp3) is 0.667. The summed E-state index contributed by atoms with van der Waals surface area (Å²) in [6, 6.07) is 6.21. The molecule has 2 bridgehead atoms. The molecule has 4 nitrogen and oxygen atoms in total. The number of aliphatic hydroxyl groups is 1. The van der Waals surface area contributed by atoms with Crippen molar-refractivity contribution >= 4 is 0 Å². The molecule has 1 aromatic carbocycles. The van der Waals surface area contributed by atoms with Crippen molar-refractivity contribution in [2.75, 3.05) is 13.7 Å². The van der Waals surface area contributed by atoms with E-state index in [4.69, 9.17) is 14.2 Å². The Labute approximate surface area is 130 Å². The monoisotopic (exact) mass is 302 g/mol. The molecule has 0 unspecified atom stereocenters. The van der Waals surface area contributed by atoms with Crippen LogP contribution in [0.4, 0.5) is 0 Å². The zero-order chi connectivity index (χ0) is 14.9. The van der Waals surface area contributed by atoms with E-state index in [1.54, 1.807) is 7.11 Å². The highest BCUT2D eigenvalue weighted by atomic mass is 16.6. The van der Waals surface area contributed by atoms with Gasteiger partial charge in [-0.1, -0.05) is 25.0 Å². The minimum absolute atomic E-state index is 0.0359. The number of hydrogen-bond acceptors (Lipinski definition) is 4. The molecule has 2 aliphatic carbocycles. The highest BCUT2D eigenvalue weighted by Crippen LogP contribution is 2.74. The van der Waals surface area contributed by atoms with Crippen LogP contribution in [0.3, 0.4) is 0 Å². The summed E-state index contributed by atoms with van der Waals surface area (Å²) in [5, 5.41) is 9.89. The summed E-state index contributed by atoms with van der Waals surface area (Å²) in [5.41, 5.74) is 2.13. The van der Waals surface area contributed by atoms with Crippen LogP contribution in [-0.2, 0) is 9.47 Å². The molecule has 0 aromatic heterocycles. The van der Waals surface area contributed by atoms with Crippen molar-refractivity contribution in [1.29, 1.82) is 0 Å². The lowest BCUT2D eigenvalue weighted by atomic mass is 9.56. The van der Waals surface area contributed by atoms with E-state index in [9.17, 15) is 5.11 Å². The smallest absolute Gasteiger partial charge is 0.125 e. The van der Waals surface area contributed by atoms with Gasteiger partial charge in [0.1, 0.15) is 17.5 Å². The van der Waals surface area contributed by atoms with Crippen LogP contribution in [0, 0.1) is 5.41 Å². The van der Waals surface area contributed by atoms with Crippen LogP contribution in [0.25, 0.3) is 0 Å². The lowest BCUT2D eigenvalue weighted by molar-refractivity contribution is -0.140. The van der Waals surface area contributed by atoms with Gasteiger partial charge in [-0.05, 0) is 30.9 Å². The Morgan fingerprint density at radius 1 is 1.32 bits per heavy atom. The van der Waals surface area contributed by atoms with Crippen molar-refractivity contribution in [2.24, 2.45) is 5.41 Å². The van der Waals surface area contributed by atoms with Gasteiger partial charge in [0.15, 0.2) is 0 Å². The average Bonchev–Trinajstić information content (AvgIpc) is 3.01. The highest BCUT2D eigenvalue weighted by Gasteiger charge is 2.74. The number of aliphatic hydroxyl groups excluding tert-OH is 1. The van der Waals surface area contributed by atoms with E-state index in [0.717, 1.165) is 31.4 Å². The summed E-state index contributed by atoms with van der Waals surface area (Å²) in [4.78, 5) is 0. The summed E-state index contributed by atoms with van der Waals surface area (Å²) in [6.45, 7) is 0.0459. The maximum absolute atomic E-state index is 9.89. The van der Waals surface area contributed by atoms with E-state index in [-0.39, 0.29) is 35.9 Å². The van der Waals surface area contributed by atoms with Crippen LogP contribution in [0.15, 0.2) is 18.2 Å². The summed E-state index contributed by atoms with van der Waals surface area (Å²) >= 11 is 0. The van der Waals surface area contributed by atoms with Crippen LogP contribution >= 0.6 is 0 Å². The highest BCUT2D eigenvalue weighted by molar-refractivity contribution is 5.49. The molecule has 4 aliphatic rings. The number of benzene rings is 1. The quantitative estimate of drug-likeness (QED) is 0.912. The third-order valence-electron chi connectivity index (χ3n) is 6.58. The minimum atomic E-state index is -0.306. The molecule has 118 valence electrons. The maximum atomic E-state index is 9.89. The zero-order valence-corrected chi connectivity index (χ0v) is 12.9. The molecule has 1 spiro atoms. The van der Waals surface area contributed by atoms with Gasteiger partial charge in [-0.15, -0.1) is 0 Å². The Bertz CT molecular complexity index is 630. The van der Waals surface area contributed by atoms with Gasteiger partial charge >= 0.3 is 0 Å². The van der Waals surface area contributed by atoms with Gasteiger partial charge in [0.2, 0.25) is 0 Å². The predicted octanol–water partition coefficient (Wildman–Crippen LogP) is 2.90. The molecule has 0 amide bonds. The van der Waals surface area contributed by atoms with Crippen LogP contribution in [-0.4, -0.2) is 30.5 Å². The van der Waals surface area contributed by atoms with Gasteiger partial charge in [0, 0.05) is 11.0 Å². The molecule has 1 N–H and O–H groups in total. The second-order valence-corrected chi connectivity index (χ2v) is 7.21. The van der Waals surface area contributed by atoms with Gasteiger partial charge in [0.05, 0.1) is 25.9 Å². The first-order valence-corrected chi connectivity index (χ1v) is 8.37. The first kappa shape index (κ1) is 13.3. The van der Waals surface area contributed by atoms with Gasteiger partial charge < -0.3 is 19.3 Å². The second kappa shape index (κ2) is 4.25. The van der Waals surface area contributed by atoms with Crippen molar-refractivity contribution in [2.45, 2.75) is 56.0 Å². The average molecular weight is 302 g/mol. The fourth-order valence-corrected chi connectivity index (χ4v) is 5.82. The summed E-state index contributed by atoms with van der Waals surface area (Å²) in [5.74, 6) is 0.905. The van der Waals surface area contributed by atoms with E-state index in [2.05, 4.69) is 6.07 Å². The van der Waals surface area contributed by atoms with Gasteiger partial charge in [0.25, 0.3) is 0 Å². The van der Waals surface area contributed by atoms with E-state index in [1.807, 2.05) is 12.1 Å². The molecule has 0 radical (unpaired) electrons. The number of rotatable bonds is 2. The zero-order valence-electron chi connectivity index (χ0n) is 12.9. The van der Waals surface area contributed by atoms with E-state index < -0.39 is 0 Å². The molecule has 2 aliphatic heterocycles. The molecule has 5 rings (SSSR count). The second-order valence-electron chi connectivity index (χ2n) is 7.21. The standard InChI is InChI=1S/C18H22O4/c1-20-12-6-4-5-11-15(12)13-9-17-7-2-3-8-18(17,22-13)14(10-19)21-16(11)17/h4-6,13-14,16,19H,2-3,7-10H2,1H3/t13-,14+,16-,17+,18-/m1/s1. The summed E-state index contributed by atoms with van der Waals surface area (Å²) < 4.78 is 18.6. The Kier molecular flexibility index (Phi) is 2.58. The van der Waals surface area contributed by atoms with Crippen molar-refractivity contribution in [3.8, 4) is 5.75 Å². The number of methoxy groups -OCH3 is 1. The molecular weight excluding hydrogens is 280 g/mol. The Morgan fingerprint density at radius 3 is 3.00 bits per heavy atom. The SMILES string of the molecule is COc1cccc2c1[C@H]1C[C@]34CCCC[C@@]3(O1)[C@H](CO)O[C@H]24. The number of hydrogen-bond donors (Lipinski definition) is 1. The minimum Gasteiger partial charge on any atom is -0.496 e. The van der Waals surface area contributed by atoms with Crippen molar-refractivity contribution in [3.05, 3.63) is 29.3 Å². The number of fused-ring (bicyclic) bond motifs is 4. The van der Waals surface area contributed by atoms with Gasteiger partial charge in [-0.2, -0.15) is 0 Å². The molecule has 22 heavy (non-hydrogen) atoms. The first-order chi connectivity index (χ1) is 10.8. The van der Waals surface area contributed by atoms with Crippen LogP contribution in [0.1, 0.15) is 55.4 Å². The van der Waals surface area contributed by atoms with Gasteiger partial charge in [-0.25, -0.2) is 0 Å². The van der Waals surface area contributed by atoms with Gasteiger partial charge in [-0.3, -0.25) is 0 Å². The normalized spacial score (nSPS) is 44.5. The molecule has 2 heterocycles. The lowest BCUT2D eigenvalue weighted by Gasteiger charge is -2.45. The van der Waals surface area contributed by atoms with E-state index in [1.165, 1.54) is 17.5 Å². The van der Waals surface area contributed by atoms with Crippen molar-refractivity contribution in [3.63, 3.8) is 0 Å². The largest absolute Gasteiger partial charge is 0.496 e. The third-order valence-corrected chi connectivity index (χ3v) is 6.58. The molecule has 2 saturated heterocycles. The molecule has 5 atom stereocenters. The fourth-order valence-electron chi connectivity index (χ4n) is 5.82. The van der Waals surface area contributed by atoms with Crippen molar-refractivity contribution in [1.82, 2.24) is 0 Å². The Hall–Kier alpha value is -1.10. The maximum Gasteiger partial charge on any atom is 0.125 e. The Morgan fingerprint density at radius 2 is 2.18 bits per heavy atom. The number of ether oxygens (including phenoxy) is 3. The van der Waals surface area contributed by atoms with Crippen LogP contribution in [0.5, 0.6) is 5.75 Å². The molecule has 4 heteroatoms. The van der Waals surface area contributed by atoms with E-state index in [0.29, 0.717) is 0 Å². The van der Waals surface area contributed by atoms with Crippen LogP contribution < -0.4 is 4.74 Å². The summed E-state index contributed by atoms with van der Waals surface area (Å²) in [6.07, 6.45) is 5.46. The Balaban J connectivity index is 1.75. The first-order valence-electron chi connectivity index (χ1n) is 8.37. The third kappa shape index (κ3) is 1.28. The molecule has 3 fully saturated rings. The predicted molar refractivity (Wildman–Crippen MR) is 79.8 cm³/mol. The van der Waals surface area contributed by atoms with E-state index >= 15 is 0 Å².